The first kappa shape index (κ1) is 20.0. The van der Waals surface area contributed by atoms with Gasteiger partial charge in [0, 0.05) is 23.0 Å². The molecule has 1 aliphatic rings. The predicted octanol–water partition coefficient (Wildman–Crippen LogP) is 4.02. The Bertz CT molecular complexity index is 1280. The van der Waals surface area contributed by atoms with Gasteiger partial charge in [-0.25, -0.2) is 0 Å². The Labute approximate surface area is 184 Å². The zero-order valence-corrected chi connectivity index (χ0v) is 17.2. The number of carbonyl (C=O) groups is 2. The SMILES string of the molecule is NC(C(=O)O)C(C(=O)OCC1c2ccccc2-c2ccccc21)c1c[nH]c2ccccc12. The summed E-state index contributed by atoms with van der Waals surface area (Å²) in [5.41, 5.74) is 11.7. The maximum absolute atomic E-state index is 13.2. The van der Waals surface area contributed by atoms with Crippen LogP contribution in [0.1, 0.15) is 28.5 Å². The fraction of sp³-hybridized carbons (Fsp3) is 0.154. The van der Waals surface area contributed by atoms with Crippen molar-refractivity contribution in [1.82, 2.24) is 4.98 Å². The fourth-order valence-corrected chi connectivity index (χ4v) is 4.66. The molecule has 0 aliphatic heterocycles. The molecule has 2 unspecified atom stereocenters. The van der Waals surface area contributed by atoms with Crippen LogP contribution in [0.15, 0.2) is 79.0 Å². The molecule has 160 valence electrons. The highest BCUT2D eigenvalue weighted by Gasteiger charge is 2.37. The van der Waals surface area contributed by atoms with Crippen molar-refractivity contribution in [3.8, 4) is 11.1 Å². The van der Waals surface area contributed by atoms with Crippen molar-refractivity contribution in [2.75, 3.05) is 6.61 Å². The van der Waals surface area contributed by atoms with Crippen LogP contribution in [0.3, 0.4) is 0 Å². The topological polar surface area (TPSA) is 105 Å². The molecule has 6 nitrogen and oxygen atoms in total. The summed E-state index contributed by atoms with van der Waals surface area (Å²) < 4.78 is 5.75. The van der Waals surface area contributed by atoms with E-state index in [-0.39, 0.29) is 12.5 Å². The first-order chi connectivity index (χ1) is 15.6. The van der Waals surface area contributed by atoms with Gasteiger partial charge in [0.25, 0.3) is 0 Å². The second kappa shape index (κ2) is 7.98. The zero-order valence-electron chi connectivity index (χ0n) is 17.2. The van der Waals surface area contributed by atoms with Gasteiger partial charge in [0.1, 0.15) is 18.6 Å². The van der Waals surface area contributed by atoms with Crippen LogP contribution in [0.25, 0.3) is 22.0 Å². The van der Waals surface area contributed by atoms with Gasteiger partial charge in [0.15, 0.2) is 0 Å². The third kappa shape index (κ3) is 3.25. The average molecular weight is 426 g/mol. The molecule has 1 aromatic heterocycles. The number of hydrogen-bond donors (Lipinski definition) is 3. The smallest absolute Gasteiger partial charge is 0.321 e. The summed E-state index contributed by atoms with van der Waals surface area (Å²) in [6, 6.07) is 22.1. The molecule has 4 N–H and O–H groups in total. The van der Waals surface area contributed by atoms with Crippen molar-refractivity contribution in [2.24, 2.45) is 5.73 Å². The van der Waals surface area contributed by atoms with Gasteiger partial charge in [0.05, 0.1) is 0 Å². The van der Waals surface area contributed by atoms with Gasteiger partial charge < -0.3 is 20.6 Å². The summed E-state index contributed by atoms with van der Waals surface area (Å²) in [5.74, 6) is -3.15. The largest absolute Gasteiger partial charge is 0.480 e. The summed E-state index contributed by atoms with van der Waals surface area (Å²) in [6.07, 6.45) is 1.64. The number of ether oxygens (including phenoxy) is 1. The average Bonchev–Trinajstić information content (AvgIpc) is 3.37. The molecule has 0 saturated carbocycles. The minimum Gasteiger partial charge on any atom is -0.480 e. The Kier molecular flexibility index (Phi) is 4.99. The van der Waals surface area contributed by atoms with E-state index in [1.54, 1.807) is 6.20 Å². The molecule has 0 spiro atoms. The number of hydrogen-bond acceptors (Lipinski definition) is 4. The number of para-hydroxylation sites is 1. The molecule has 3 aromatic carbocycles. The number of aromatic amines is 1. The van der Waals surface area contributed by atoms with Crippen LogP contribution in [0.4, 0.5) is 0 Å². The van der Waals surface area contributed by atoms with E-state index in [2.05, 4.69) is 17.1 Å². The molecule has 0 fully saturated rings. The molecule has 1 heterocycles. The number of H-pyrrole nitrogens is 1. The number of rotatable bonds is 6. The molecule has 2 atom stereocenters. The van der Waals surface area contributed by atoms with Gasteiger partial charge >= 0.3 is 11.9 Å². The molecule has 1 aliphatic carbocycles. The Morgan fingerprint density at radius 3 is 2.19 bits per heavy atom. The number of carboxylic acid groups (broad SMARTS) is 1. The van der Waals surface area contributed by atoms with Gasteiger partial charge in [-0.1, -0.05) is 66.7 Å². The first-order valence-corrected chi connectivity index (χ1v) is 10.5. The van der Waals surface area contributed by atoms with Crippen molar-refractivity contribution in [2.45, 2.75) is 17.9 Å². The first-order valence-electron chi connectivity index (χ1n) is 10.5. The number of carbonyl (C=O) groups excluding carboxylic acids is 1. The van der Waals surface area contributed by atoms with Crippen molar-refractivity contribution in [3.05, 3.63) is 95.7 Å². The quantitative estimate of drug-likeness (QED) is 0.404. The van der Waals surface area contributed by atoms with Gasteiger partial charge in [-0.05, 0) is 33.9 Å². The normalized spacial score (nSPS) is 14.5. The van der Waals surface area contributed by atoms with Gasteiger partial charge in [0.2, 0.25) is 0 Å². The molecular formula is C26H22N2O4. The molecule has 0 bridgehead atoms. The number of esters is 1. The van der Waals surface area contributed by atoms with Crippen LogP contribution in [0.2, 0.25) is 0 Å². The summed E-state index contributed by atoms with van der Waals surface area (Å²) in [6.45, 7) is 0.109. The van der Waals surface area contributed by atoms with Crippen LogP contribution >= 0.6 is 0 Å². The third-order valence-electron chi connectivity index (χ3n) is 6.21. The Balaban J connectivity index is 1.46. The van der Waals surface area contributed by atoms with E-state index < -0.39 is 23.9 Å². The monoisotopic (exact) mass is 426 g/mol. The lowest BCUT2D eigenvalue weighted by Crippen LogP contribution is -2.41. The Morgan fingerprint density at radius 1 is 0.938 bits per heavy atom. The highest BCUT2D eigenvalue weighted by atomic mass is 16.5. The highest BCUT2D eigenvalue weighted by molar-refractivity contribution is 5.94. The van der Waals surface area contributed by atoms with Crippen molar-refractivity contribution >= 4 is 22.8 Å². The second-order valence-corrected chi connectivity index (χ2v) is 7.99. The number of benzene rings is 3. The predicted molar refractivity (Wildman–Crippen MR) is 121 cm³/mol. The number of nitrogens with two attached hydrogens (primary N) is 1. The molecule has 6 heteroatoms. The minimum atomic E-state index is -1.43. The molecule has 0 amide bonds. The van der Waals surface area contributed by atoms with E-state index in [1.807, 2.05) is 60.7 Å². The Hall–Kier alpha value is -3.90. The maximum Gasteiger partial charge on any atom is 0.321 e. The van der Waals surface area contributed by atoms with Crippen LogP contribution < -0.4 is 5.73 Å². The van der Waals surface area contributed by atoms with Gasteiger partial charge in [-0.15, -0.1) is 0 Å². The van der Waals surface area contributed by atoms with Crippen LogP contribution in [-0.4, -0.2) is 34.7 Å². The third-order valence-corrected chi connectivity index (χ3v) is 6.21. The highest BCUT2D eigenvalue weighted by Crippen LogP contribution is 2.44. The number of aliphatic carboxylic acids is 1. The van der Waals surface area contributed by atoms with Crippen molar-refractivity contribution in [3.63, 3.8) is 0 Å². The molecule has 4 aromatic rings. The van der Waals surface area contributed by atoms with Gasteiger partial charge in [-0.3, -0.25) is 9.59 Å². The number of carboxylic acids is 1. The minimum absolute atomic E-state index is 0.109. The van der Waals surface area contributed by atoms with Crippen LogP contribution in [0, 0.1) is 0 Å². The number of aromatic nitrogens is 1. The lowest BCUT2D eigenvalue weighted by Gasteiger charge is -2.21. The molecule has 5 rings (SSSR count). The molecule has 32 heavy (non-hydrogen) atoms. The van der Waals surface area contributed by atoms with E-state index >= 15 is 0 Å². The van der Waals surface area contributed by atoms with E-state index in [0.717, 1.165) is 33.2 Å². The van der Waals surface area contributed by atoms with E-state index in [4.69, 9.17) is 10.5 Å². The molecule has 0 radical (unpaired) electrons. The standard InChI is InChI=1S/C26H22N2O4/c27-24(25(29)30)23(20-13-28-22-12-6-5-11-19(20)22)26(31)32-14-21-17-9-3-1-7-15(17)16-8-2-4-10-18(16)21/h1-13,21,23-24,28H,14,27H2,(H,29,30). The summed E-state index contributed by atoms with van der Waals surface area (Å²) in [5, 5.41) is 10.3. The number of fused-ring (bicyclic) bond motifs is 4. The van der Waals surface area contributed by atoms with Crippen molar-refractivity contribution < 1.29 is 19.4 Å². The van der Waals surface area contributed by atoms with E-state index in [9.17, 15) is 14.7 Å². The number of nitrogens with one attached hydrogen (secondary N) is 1. The van der Waals surface area contributed by atoms with E-state index in [0.29, 0.717) is 5.56 Å². The lowest BCUT2D eigenvalue weighted by atomic mass is 9.91. The van der Waals surface area contributed by atoms with Crippen molar-refractivity contribution in [1.29, 1.82) is 0 Å². The Morgan fingerprint density at radius 2 is 1.53 bits per heavy atom. The summed E-state index contributed by atoms with van der Waals surface area (Å²) >= 11 is 0. The fourth-order valence-electron chi connectivity index (χ4n) is 4.66. The lowest BCUT2D eigenvalue weighted by molar-refractivity contribution is -0.151. The van der Waals surface area contributed by atoms with Crippen LogP contribution in [0.5, 0.6) is 0 Å². The summed E-state index contributed by atoms with van der Waals surface area (Å²) in [7, 11) is 0. The van der Waals surface area contributed by atoms with E-state index in [1.165, 1.54) is 0 Å². The summed E-state index contributed by atoms with van der Waals surface area (Å²) in [4.78, 5) is 28.0. The maximum atomic E-state index is 13.2. The second-order valence-electron chi connectivity index (χ2n) is 7.99. The zero-order chi connectivity index (χ0) is 22.2. The van der Waals surface area contributed by atoms with Crippen LogP contribution in [-0.2, 0) is 14.3 Å². The molecular weight excluding hydrogens is 404 g/mol. The van der Waals surface area contributed by atoms with Gasteiger partial charge in [-0.2, -0.15) is 0 Å². The molecule has 0 saturated heterocycles.